The van der Waals surface area contributed by atoms with Crippen LogP contribution in [-0.2, 0) is 9.59 Å². The average Bonchev–Trinajstić information content (AvgIpc) is 3.73. The molecule has 6 atom stereocenters. The summed E-state index contributed by atoms with van der Waals surface area (Å²) in [5.41, 5.74) is 0. The number of nitrogens with zero attached hydrogens (tertiary/aromatic N) is 6. The Labute approximate surface area is 220 Å². The fourth-order valence-electron chi connectivity index (χ4n) is 5.92. The van der Waals surface area contributed by atoms with Crippen LogP contribution in [0.5, 0.6) is 0 Å². The Balaban J connectivity index is 0.000000206. The van der Waals surface area contributed by atoms with Gasteiger partial charge in [0.05, 0.1) is 37.4 Å². The Morgan fingerprint density at radius 1 is 0.703 bits per heavy atom. The molecular formula is C27H38N8O2. The van der Waals surface area contributed by atoms with Crippen molar-refractivity contribution >= 4 is 11.8 Å². The van der Waals surface area contributed by atoms with E-state index in [0.29, 0.717) is 44.6 Å². The summed E-state index contributed by atoms with van der Waals surface area (Å²) < 4.78 is 0. The van der Waals surface area contributed by atoms with Crippen molar-refractivity contribution < 1.29 is 9.59 Å². The van der Waals surface area contributed by atoms with E-state index in [-0.39, 0.29) is 35.9 Å². The van der Waals surface area contributed by atoms with Crippen molar-refractivity contribution in [1.29, 1.82) is 21.0 Å². The van der Waals surface area contributed by atoms with Crippen molar-refractivity contribution in [1.82, 2.24) is 20.4 Å². The highest BCUT2D eigenvalue weighted by Gasteiger charge is 2.31. The molecule has 0 radical (unpaired) electrons. The molecule has 37 heavy (non-hydrogen) atoms. The second-order valence-electron chi connectivity index (χ2n) is 10.6. The van der Waals surface area contributed by atoms with E-state index in [2.05, 4.69) is 34.9 Å². The molecule has 10 heteroatoms. The third kappa shape index (κ3) is 8.16. The van der Waals surface area contributed by atoms with Gasteiger partial charge in [0, 0.05) is 37.5 Å². The van der Waals surface area contributed by atoms with E-state index >= 15 is 0 Å². The van der Waals surface area contributed by atoms with Crippen LogP contribution >= 0.6 is 0 Å². The van der Waals surface area contributed by atoms with Crippen molar-refractivity contribution in [3.05, 3.63) is 0 Å². The summed E-state index contributed by atoms with van der Waals surface area (Å²) in [5.74, 6) is 0.666. The number of nitrogens with one attached hydrogen (secondary N) is 2. The standard InChI is InChI=1S/C14H20N4O.C13H18N4O/c15-6-5-11-3-4-12(8-11)17-10-14(19)18-7-1-2-13(18)9-16;14-7-10-3-4-11(6-10)16-9-13(18)17-5-1-2-12(17)8-15/h11-13,17H,1-5,7-8,10H2;10-12,16H,1-6,9H2/t11?,12?,13-;10?,11?,12-/m00/s1. The number of carbonyl (C=O) groups excluding carboxylic acids is 2. The second-order valence-corrected chi connectivity index (χ2v) is 10.6. The zero-order valence-electron chi connectivity index (χ0n) is 21.6. The molecule has 0 aromatic rings. The van der Waals surface area contributed by atoms with Crippen molar-refractivity contribution in [2.24, 2.45) is 11.8 Å². The number of amides is 2. The quantitative estimate of drug-likeness (QED) is 0.530. The molecule has 2 N–H and O–H groups in total. The van der Waals surface area contributed by atoms with Crippen LogP contribution in [-0.4, -0.2) is 72.0 Å². The Morgan fingerprint density at radius 3 is 1.73 bits per heavy atom. The van der Waals surface area contributed by atoms with E-state index < -0.39 is 0 Å². The first-order valence-electron chi connectivity index (χ1n) is 13.6. The molecule has 2 amide bonds. The summed E-state index contributed by atoms with van der Waals surface area (Å²) in [6, 6.07) is 9.01. The number of hydrogen-bond donors (Lipinski definition) is 2. The normalized spacial score (nSPS) is 30.5. The number of hydrogen-bond acceptors (Lipinski definition) is 8. The molecule has 198 valence electrons. The lowest BCUT2D eigenvalue weighted by atomic mass is 10.1. The first-order chi connectivity index (χ1) is 18.0. The van der Waals surface area contributed by atoms with Crippen LogP contribution in [0.25, 0.3) is 0 Å². The summed E-state index contributed by atoms with van der Waals surface area (Å²) in [4.78, 5) is 27.4. The SMILES string of the molecule is N#CC1CCC(NCC(=O)N2CCC[C@H]2C#N)C1.N#CCC1CCC(NCC(=O)N2CCC[C@H]2C#N)C1. The molecule has 2 aliphatic heterocycles. The van der Waals surface area contributed by atoms with Gasteiger partial charge in [-0.25, -0.2) is 0 Å². The van der Waals surface area contributed by atoms with Crippen molar-refractivity contribution in [2.45, 2.75) is 94.8 Å². The maximum Gasteiger partial charge on any atom is 0.237 e. The van der Waals surface area contributed by atoms with Crippen LogP contribution in [0.15, 0.2) is 0 Å². The fourth-order valence-corrected chi connectivity index (χ4v) is 5.92. The lowest BCUT2D eigenvalue weighted by molar-refractivity contribution is -0.131. The molecule has 0 bridgehead atoms. The number of carbonyl (C=O) groups is 2. The van der Waals surface area contributed by atoms with Gasteiger partial charge in [-0.05, 0) is 70.1 Å². The van der Waals surface area contributed by atoms with Gasteiger partial charge in [-0.1, -0.05) is 0 Å². The highest BCUT2D eigenvalue weighted by molar-refractivity contribution is 5.79. The largest absolute Gasteiger partial charge is 0.326 e. The zero-order chi connectivity index (χ0) is 26.6. The van der Waals surface area contributed by atoms with Gasteiger partial charge < -0.3 is 20.4 Å². The molecule has 4 unspecified atom stereocenters. The number of rotatable bonds is 7. The van der Waals surface area contributed by atoms with Crippen molar-refractivity contribution in [2.75, 3.05) is 26.2 Å². The molecular weight excluding hydrogens is 468 g/mol. The highest BCUT2D eigenvalue weighted by Crippen LogP contribution is 2.28. The first-order valence-corrected chi connectivity index (χ1v) is 13.6. The molecule has 4 aliphatic rings. The molecule has 2 aliphatic carbocycles. The number of likely N-dealkylation sites (tertiary alicyclic amines) is 2. The zero-order valence-corrected chi connectivity index (χ0v) is 21.6. The Kier molecular flexibility index (Phi) is 11.2. The van der Waals surface area contributed by atoms with Gasteiger partial charge in [0.15, 0.2) is 0 Å². The molecule has 10 nitrogen and oxygen atoms in total. The third-order valence-corrected chi connectivity index (χ3v) is 8.06. The monoisotopic (exact) mass is 506 g/mol. The summed E-state index contributed by atoms with van der Waals surface area (Å²) in [6.45, 7) is 2.02. The first kappa shape index (κ1) is 28.4. The molecule has 2 saturated carbocycles. The van der Waals surface area contributed by atoms with Crippen LogP contribution in [0.3, 0.4) is 0 Å². The average molecular weight is 507 g/mol. The van der Waals surface area contributed by atoms with Crippen molar-refractivity contribution in [3.8, 4) is 24.3 Å². The molecule has 4 fully saturated rings. The summed E-state index contributed by atoms with van der Waals surface area (Å²) in [7, 11) is 0. The fraction of sp³-hybridized carbons (Fsp3) is 0.778. The van der Waals surface area contributed by atoms with Crippen LogP contribution in [0.4, 0.5) is 0 Å². The van der Waals surface area contributed by atoms with E-state index in [4.69, 9.17) is 21.0 Å². The van der Waals surface area contributed by atoms with Crippen molar-refractivity contribution in [3.63, 3.8) is 0 Å². The second kappa shape index (κ2) is 14.5. The summed E-state index contributed by atoms with van der Waals surface area (Å²) in [6.07, 6.45) is 9.90. The van der Waals surface area contributed by atoms with Gasteiger partial charge in [0.1, 0.15) is 12.1 Å². The predicted octanol–water partition coefficient (Wildman–Crippen LogP) is 1.96. The molecule has 0 aromatic heterocycles. The van der Waals surface area contributed by atoms with Crippen LogP contribution in [0.1, 0.15) is 70.6 Å². The molecule has 2 heterocycles. The minimum absolute atomic E-state index is 0.0134. The van der Waals surface area contributed by atoms with Crippen LogP contribution in [0, 0.1) is 57.2 Å². The van der Waals surface area contributed by atoms with Crippen LogP contribution < -0.4 is 10.6 Å². The smallest absolute Gasteiger partial charge is 0.237 e. The van der Waals surface area contributed by atoms with E-state index in [1.165, 1.54) is 0 Å². The van der Waals surface area contributed by atoms with E-state index in [1.807, 2.05) is 0 Å². The van der Waals surface area contributed by atoms with Gasteiger partial charge in [0.2, 0.25) is 11.8 Å². The minimum atomic E-state index is -0.241. The molecule has 0 aromatic carbocycles. The predicted molar refractivity (Wildman–Crippen MR) is 135 cm³/mol. The molecule has 4 rings (SSSR count). The topological polar surface area (TPSA) is 160 Å². The Hall–Kier alpha value is -3.18. The van der Waals surface area contributed by atoms with E-state index in [0.717, 1.165) is 64.2 Å². The van der Waals surface area contributed by atoms with Gasteiger partial charge in [-0.15, -0.1) is 0 Å². The van der Waals surface area contributed by atoms with E-state index in [9.17, 15) is 9.59 Å². The summed E-state index contributed by atoms with van der Waals surface area (Å²) >= 11 is 0. The Morgan fingerprint density at radius 2 is 1.24 bits per heavy atom. The van der Waals surface area contributed by atoms with Gasteiger partial charge in [-0.2, -0.15) is 21.0 Å². The van der Waals surface area contributed by atoms with Crippen LogP contribution in [0.2, 0.25) is 0 Å². The lowest BCUT2D eigenvalue weighted by Crippen LogP contribution is -2.42. The maximum atomic E-state index is 12.0. The lowest BCUT2D eigenvalue weighted by Gasteiger charge is -2.21. The summed E-state index contributed by atoms with van der Waals surface area (Å²) in [5, 5.41) is 41.9. The van der Waals surface area contributed by atoms with Gasteiger partial charge in [0.25, 0.3) is 0 Å². The Bertz CT molecular complexity index is 957. The molecule has 0 spiro atoms. The van der Waals surface area contributed by atoms with Gasteiger partial charge >= 0.3 is 0 Å². The number of nitriles is 4. The maximum absolute atomic E-state index is 12.0. The minimum Gasteiger partial charge on any atom is -0.326 e. The third-order valence-electron chi connectivity index (χ3n) is 8.06. The van der Waals surface area contributed by atoms with Gasteiger partial charge in [-0.3, -0.25) is 9.59 Å². The molecule has 2 saturated heterocycles. The highest BCUT2D eigenvalue weighted by atomic mass is 16.2. The van der Waals surface area contributed by atoms with E-state index in [1.54, 1.807) is 9.80 Å².